The number of hydrogen-bond donors (Lipinski definition) is 1. The van der Waals surface area contributed by atoms with Gasteiger partial charge in [-0.1, -0.05) is 37.0 Å². The fraction of sp³-hybridized carbons (Fsp3) is 0.579. The highest BCUT2D eigenvalue weighted by atomic mass is 32.2. The second kappa shape index (κ2) is 9.16. The van der Waals surface area contributed by atoms with Gasteiger partial charge >= 0.3 is 0 Å². The first-order valence-electron chi connectivity index (χ1n) is 9.16. The summed E-state index contributed by atoms with van der Waals surface area (Å²) in [6, 6.07) is 5.48. The van der Waals surface area contributed by atoms with Crippen molar-refractivity contribution in [2.45, 2.75) is 58.8 Å². The molecule has 0 radical (unpaired) electrons. The highest BCUT2D eigenvalue weighted by Crippen LogP contribution is 2.23. The number of amides is 1. The van der Waals surface area contributed by atoms with E-state index in [1.807, 2.05) is 26.0 Å². The number of sulfonamides is 1. The smallest absolute Gasteiger partial charge is 0.260 e. The van der Waals surface area contributed by atoms with Crippen LogP contribution in [0.4, 0.5) is 5.69 Å². The van der Waals surface area contributed by atoms with E-state index in [2.05, 4.69) is 10.5 Å². The SMILES string of the molecule is Cc1ccc(N(CC(=O)NN=C2CCCCCCC2)S(C)(=O)=O)c(C)c1. The molecule has 0 saturated heterocycles. The summed E-state index contributed by atoms with van der Waals surface area (Å²) in [6.45, 7) is 3.51. The van der Waals surface area contributed by atoms with Crippen LogP contribution in [0.25, 0.3) is 0 Å². The first-order valence-corrected chi connectivity index (χ1v) is 11.0. The molecule has 26 heavy (non-hydrogen) atoms. The zero-order valence-corrected chi connectivity index (χ0v) is 16.7. The first-order chi connectivity index (χ1) is 12.3. The van der Waals surface area contributed by atoms with E-state index < -0.39 is 15.9 Å². The summed E-state index contributed by atoms with van der Waals surface area (Å²) in [7, 11) is -3.58. The molecule has 1 aromatic rings. The molecule has 2 rings (SSSR count). The fourth-order valence-electron chi connectivity index (χ4n) is 3.20. The maximum absolute atomic E-state index is 12.3. The molecule has 1 fully saturated rings. The van der Waals surface area contributed by atoms with Crippen LogP contribution in [0, 0.1) is 13.8 Å². The average molecular weight is 380 g/mol. The van der Waals surface area contributed by atoms with Gasteiger partial charge in [-0.3, -0.25) is 9.10 Å². The molecule has 0 bridgehead atoms. The summed E-state index contributed by atoms with van der Waals surface area (Å²) in [5.41, 5.74) is 5.92. The molecular weight excluding hydrogens is 350 g/mol. The Kier molecular flexibility index (Phi) is 7.20. The van der Waals surface area contributed by atoms with Gasteiger partial charge in [-0.15, -0.1) is 0 Å². The molecule has 1 saturated carbocycles. The highest BCUT2D eigenvalue weighted by molar-refractivity contribution is 7.92. The van der Waals surface area contributed by atoms with E-state index in [-0.39, 0.29) is 6.54 Å². The number of nitrogens with zero attached hydrogens (tertiary/aromatic N) is 2. The molecular formula is C19H29N3O3S. The molecule has 144 valence electrons. The van der Waals surface area contributed by atoms with Gasteiger partial charge in [0.1, 0.15) is 6.54 Å². The van der Waals surface area contributed by atoms with Crippen molar-refractivity contribution in [3.63, 3.8) is 0 Å². The summed E-state index contributed by atoms with van der Waals surface area (Å²) in [5, 5.41) is 4.25. The van der Waals surface area contributed by atoms with Gasteiger partial charge in [0.25, 0.3) is 5.91 Å². The molecule has 1 aliphatic carbocycles. The predicted molar refractivity (Wildman–Crippen MR) is 106 cm³/mol. The summed E-state index contributed by atoms with van der Waals surface area (Å²) >= 11 is 0. The number of carbonyl (C=O) groups is 1. The fourth-order valence-corrected chi connectivity index (χ4v) is 4.11. The van der Waals surface area contributed by atoms with Gasteiger partial charge in [-0.25, -0.2) is 13.8 Å². The molecule has 7 heteroatoms. The van der Waals surface area contributed by atoms with E-state index in [1.165, 1.54) is 19.3 Å². The van der Waals surface area contributed by atoms with Crippen LogP contribution in [-0.2, 0) is 14.8 Å². The summed E-state index contributed by atoms with van der Waals surface area (Å²) in [5.74, 6) is -0.426. The Morgan fingerprint density at radius 1 is 1.12 bits per heavy atom. The Balaban J connectivity index is 2.09. The van der Waals surface area contributed by atoms with Crippen LogP contribution < -0.4 is 9.73 Å². The first kappa shape index (κ1) is 20.4. The van der Waals surface area contributed by atoms with Crippen molar-refractivity contribution in [1.82, 2.24) is 5.43 Å². The Morgan fingerprint density at radius 2 is 1.73 bits per heavy atom. The van der Waals surface area contributed by atoms with E-state index in [4.69, 9.17) is 0 Å². The number of carbonyl (C=O) groups excluding carboxylic acids is 1. The van der Waals surface area contributed by atoms with Crippen molar-refractivity contribution in [3.8, 4) is 0 Å². The lowest BCUT2D eigenvalue weighted by atomic mass is 9.99. The molecule has 6 nitrogen and oxygen atoms in total. The van der Waals surface area contributed by atoms with Crippen molar-refractivity contribution in [2.75, 3.05) is 17.1 Å². The van der Waals surface area contributed by atoms with Crippen LogP contribution in [0.3, 0.4) is 0 Å². The average Bonchev–Trinajstić information content (AvgIpc) is 2.51. The van der Waals surface area contributed by atoms with Gasteiger partial charge in [0.15, 0.2) is 0 Å². The zero-order chi connectivity index (χ0) is 19.2. The van der Waals surface area contributed by atoms with Crippen molar-refractivity contribution >= 4 is 27.3 Å². The molecule has 1 amide bonds. The number of benzene rings is 1. The predicted octanol–water partition coefficient (Wildman–Crippen LogP) is 3.29. The van der Waals surface area contributed by atoms with Crippen molar-refractivity contribution in [3.05, 3.63) is 29.3 Å². The lowest BCUT2D eigenvalue weighted by Crippen LogP contribution is -2.39. The lowest BCUT2D eigenvalue weighted by Gasteiger charge is -2.23. The minimum atomic E-state index is -3.58. The zero-order valence-electron chi connectivity index (χ0n) is 15.9. The monoisotopic (exact) mass is 379 g/mol. The Bertz CT molecular complexity index is 762. The maximum Gasteiger partial charge on any atom is 0.260 e. The van der Waals surface area contributed by atoms with Crippen LogP contribution >= 0.6 is 0 Å². The van der Waals surface area contributed by atoms with Crippen LogP contribution in [0.1, 0.15) is 56.1 Å². The standard InChI is InChI=1S/C19H29N3O3S/c1-15-11-12-18(16(2)13-15)22(26(3,24)25)14-19(23)21-20-17-9-7-5-4-6-8-10-17/h11-13H,4-10,14H2,1-3H3,(H,21,23). The normalized spacial score (nSPS) is 15.7. The van der Waals surface area contributed by atoms with E-state index in [0.717, 1.165) is 53.1 Å². The van der Waals surface area contributed by atoms with Gasteiger partial charge in [0.05, 0.1) is 11.9 Å². The van der Waals surface area contributed by atoms with Gasteiger partial charge in [-0.2, -0.15) is 5.10 Å². The van der Waals surface area contributed by atoms with Crippen LogP contribution in [0.5, 0.6) is 0 Å². The quantitative estimate of drug-likeness (QED) is 0.797. The van der Waals surface area contributed by atoms with Crippen molar-refractivity contribution in [2.24, 2.45) is 5.10 Å². The Morgan fingerprint density at radius 3 is 2.31 bits per heavy atom. The number of hydrogen-bond acceptors (Lipinski definition) is 4. The van der Waals surface area contributed by atoms with E-state index in [9.17, 15) is 13.2 Å². The van der Waals surface area contributed by atoms with Gasteiger partial charge in [0, 0.05) is 5.71 Å². The van der Waals surface area contributed by atoms with Gasteiger partial charge in [0.2, 0.25) is 10.0 Å². The maximum atomic E-state index is 12.3. The van der Waals surface area contributed by atoms with Crippen LogP contribution in [0.2, 0.25) is 0 Å². The third kappa shape index (κ3) is 6.12. The second-order valence-corrected chi connectivity index (χ2v) is 8.95. The molecule has 0 atom stereocenters. The van der Waals surface area contributed by atoms with Crippen molar-refractivity contribution < 1.29 is 13.2 Å². The molecule has 0 heterocycles. The topological polar surface area (TPSA) is 78.8 Å². The number of hydrazone groups is 1. The minimum Gasteiger partial charge on any atom is -0.271 e. The van der Waals surface area contributed by atoms with Gasteiger partial charge < -0.3 is 0 Å². The third-order valence-electron chi connectivity index (χ3n) is 4.58. The largest absolute Gasteiger partial charge is 0.271 e. The number of aryl methyl sites for hydroxylation is 2. The molecule has 0 unspecified atom stereocenters. The molecule has 0 aliphatic heterocycles. The molecule has 1 aliphatic rings. The van der Waals surface area contributed by atoms with Crippen molar-refractivity contribution in [1.29, 1.82) is 0 Å². The summed E-state index contributed by atoms with van der Waals surface area (Å²) in [4.78, 5) is 12.3. The third-order valence-corrected chi connectivity index (χ3v) is 5.70. The Labute approximate surface area is 156 Å². The number of rotatable bonds is 5. The highest BCUT2D eigenvalue weighted by Gasteiger charge is 2.22. The number of anilines is 1. The molecule has 0 aromatic heterocycles. The lowest BCUT2D eigenvalue weighted by molar-refractivity contribution is -0.119. The molecule has 1 N–H and O–H groups in total. The number of nitrogens with one attached hydrogen (secondary N) is 1. The molecule has 0 spiro atoms. The Hall–Kier alpha value is -1.89. The van der Waals surface area contributed by atoms with Gasteiger partial charge in [-0.05, 0) is 51.2 Å². The summed E-state index contributed by atoms with van der Waals surface area (Å²) < 4.78 is 25.5. The van der Waals surface area contributed by atoms with Crippen LogP contribution in [-0.4, -0.2) is 32.8 Å². The molecule has 1 aromatic carbocycles. The second-order valence-electron chi connectivity index (χ2n) is 7.04. The minimum absolute atomic E-state index is 0.278. The summed E-state index contributed by atoms with van der Waals surface area (Å²) in [6.07, 6.45) is 8.74. The van der Waals surface area contributed by atoms with E-state index in [1.54, 1.807) is 6.07 Å². The van der Waals surface area contributed by atoms with Crippen LogP contribution in [0.15, 0.2) is 23.3 Å². The van der Waals surface area contributed by atoms with E-state index >= 15 is 0 Å². The van der Waals surface area contributed by atoms with E-state index in [0.29, 0.717) is 5.69 Å².